The number of fused-ring (bicyclic) bond motifs is 1. The molecule has 38 heavy (non-hydrogen) atoms. The Bertz CT molecular complexity index is 1210. The monoisotopic (exact) mass is 587 g/mol. The Morgan fingerprint density at radius 1 is 1.00 bits per heavy atom. The Morgan fingerprint density at radius 2 is 1.76 bits per heavy atom. The molecule has 1 aliphatic heterocycles. The minimum atomic E-state index is -0.167. The van der Waals surface area contributed by atoms with Crippen molar-refractivity contribution in [3.05, 3.63) is 47.2 Å². The number of anilines is 2. The molecule has 0 atom stereocenters. The van der Waals surface area contributed by atoms with E-state index in [1.807, 2.05) is 43.3 Å². The third kappa shape index (κ3) is 8.00. The fraction of sp³-hybridized carbons (Fsp3) is 0.444. The van der Waals surface area contributed by atoms with E-state index in [0.717, 1.165) is 53.8 Å². The van der Waals surface area contributed by atoms with Gasteiger partial charge in [0.25, 0.3) is 0 Å². The summed E-state index contributed by atoms with van der Waals surface area (Å²) in [5.41, 5.74) is 1.65. The number of rotatable bonds is 13. The maximum Gasteiger partial charge on any atom is 0.320 e. The van der Waals surface area contributed by atoms with Crippen molar-refractivity contribution in [2.45, 2.75) is 6.92 Å². The third-order valence-corrected chi connectivity index (χ3v) is 6.61. The Morgan fingerprint density at radius 3 is 2.53 bits per heavy atom. The summed E-state index contributed by atoms with van der Waals surface area (Å²) in [4.78, 5) is 25.1. The van der Waals surface area contributed by atoms with Crippen LogP contribution < -0.4 is 14.8 Å². The summed E-state index contributed by atoms with van der Waals surface area (Å²) in [5.74, 6) is 1.75. The molecule has 0 unspecified atom stereocenters. The number of carbonyl (C=O) groups is 1. The van der Waals surface area contributed by atoms with E-state index in [9.17, 15) is 4.79 Å². The quantitative estimate of drug-likeness (QED) is 0.235. The average molecular weight is 589 g/mol. The zero-order chi connectivity index (χ0) is 26.7. The summed E-state index contributed by atoms with van der Waals surface area (Å²) >= 11 is 3.51. The molecular formula is C27H34BrN5O5. The first kappa shape index (κ1) is 28.0. The number of methoxy groups -OCH3 is 1. The predicted octanol–water partition coefficient (Wildman–Crippen LogP) is 3.72. The summed E-state index contributed by atoms with van der Waals surface area (Å²) in [7, 11) is 1.64. The SMILES string of the molecule is CCOC(=O)CN1CCN(CCOc2cc3c(Nc4cccc(Br)c4)ncnc3cc2OCCOC)CC1. The van der Waals surface area contributed by atoms with Gasteiger partial charge in [0.15, 0.2) is 11.5 Å². The van der Waals surface area contributed by atoms with Gasteiger partial charge in [-0.15, -0.1) is 0 Å². The van der Waals surface area contributed by atoms with Gasteiger partial charge in [0.05, 0.1) is 25.3 Å². The van der Waals surface area contributed by atoms with E-state index in [-0.39, 0.29) is 5.97 Å². The highest BCUT2D eigenvalue weighted by Crippen LogP contribution is 2.35. The summed E-state index contributed by atoms with van der Waals surface area (Å²) in [6, 6.07) is 11.7. The van der Waals surface area contributed by atoms with Crippen LogP contribution in [-0.4, -0.2) is 98.5 Å². The van der Waals surface area contributed by atoms with Gasteiger partial charge in [-0.25, -0.2) is 9.97 Å². The molecule has 10 nitrogen and oxygen atoms in total. The molecule has 1 aromatic heterocycles. The molecular weight excluding hydrogens is 554 g/mol. The van der Waals surface area contributed by atoms with E-state index in [0.29, 0.717) is 50.3 Å². The molecule has 0 saturated carbocycles. The number of halogens is 1. The second-order valence-corrected chi connectivity index (χ2v) is 9.70. The lowest BCUT2D eigenvalue weighted by atomic mass is 10.2. The highest BCUT2D eigenvalue weighted by atomic mass is 79.9. The van der Waals surface area contributed by atoms with Gasteiger partial charge in [-0.05, 0) is 31.2 Å². The Kier molecular flexibility index (Phi) is 10.5. The van der Waals surface area contributed by atoms with Gasteiger partial charge in [0.1, 0.15) is 25.4 Å². The molecule has 4 rings (SSSR count). The highest BCUT2D eigenvalue weighted by molar-refractivity contribution is 9.10. The molecule has 0 radical (unpaired) electrons. The number of ether oxygens (including phenoxy) is 4. The number of esters is 1. The molecule has 3 aromatic rings. The van der Waals surface area contributed by atoms with Crippen molar-refractivity contribution in [3.8, 4) is 11.5 Å². The summed E-state index contributed by atoms with van der Waals surface area (Å²) in [6.07, 6.45) is 1.53. The topological polar surface area (TPSA) is 98.3 Å². The van der Waals surface area contributed by atoms with E-state index >= 15 is 0 Å². The number of benzene rings is 2. The maximum absolute atomic E-state index is 11.7. The van der Waals surface area contributed by atoms with Crippen LogP contribution >= 0.6 is 15.9 Å². The smallest absolute Gasteiger partial charge is 0.320 e. The largest absolute Gasteiger partial charge is 0.488 e. The van der Waals surface area contributed by atoms with Gasteiger partial charge in [0.2, 0.25) is 0 Å². The number of aromatic nitrogens is 2. The predicted molar refractivity (Wildman–Crippen MR) is 149 cm³/mol. The van der Waals surface area contributed by atoms with Crippen molar-refractivity contribution >= 4 is 44.3 Å². The van der Waals surface area contributed by atoms with Crippen LogP contribution in [0, 0.1) is 0 Å². The zero-order valence-corrected chi connectivity index (χ0v) is 23.4. The molecule has 1 aliphatic rings. The molecule has 1 N–H and O–H groups in total. The number of carbonyl (C=O) groups excluding carboxylic acids is 1. The summed E-state index contributed by atoms with van der Waals surface area (Å²) < 4.78 is 23.4. The number of hydrogen-bond acceptors (Lipinski definition) is 10. The normalized spacial score (nSPS) is 14.4. The van der Waals surface area contributed by atoms with Gasteiger partial charge in [0, 0.05) is 61.4 Å². The van der Waals surface area contributed by atoms with E-state index in [1.54, 1.807) is 7.11 Å². The highest BCUT2D eigenvalue weighted by Gasteiger charge is 2.20. The lowest BCUT2D eigenvalue weighted by Gasteiger charge is -2.33. The van der Waals surface area contributed by atoms with Crippen LogP contribution in [-0.2, 0) is 14.3 Å². The molecule has 0 bridgehead atoms. The molecule has 2 aromatic carbocycles. The summed E-state index contributed by atoms with van der Waals surface area (Å²) in [5, 5.41) is 4.20. The molecule has 0 amide bonds. The fourth-order valence-corrected chi connectivity index (χ4v) is 4.57. The first-order chi connectivity index (χ1) is 18.6. The van der Waals surface area contributed by atoms with Crippen LogP contribution in [0.5, 0.6) is 11.5 Å². The van der Waals surface area contributed by atoms with Gasteiger partial charge in [-0.2, -0.15) is 0 Å². The van der Waals surface area contributed by atoms with Crippen molar-refractivity contribution in [1.29, 1.82) is 0 Å². The van der Waals surface area contributed by atoms with Crippen molar-refractivity contribution < 1.29 is 23.7 Å². The Hall–Kier alpha value is -2.99. The van der Waals surface area contributed by atoms with Crippen LogP contribution in [0.4, 0.5) is 11.5 Å². The maximum atomic E-state index is 11.7. The van der Waals surface area contributed by atoms with Gasteiger partial charge in [-0.3, -0.25) is 14.6 Å². The Balaban J connectivity index is 1.43. The van der Waals surface area contributed by atoms with Gasteiger partial charge < -0.3 is 24.3 Å². The lowest BCUT2D eigenvalue weighted by Crippen LogP contribution is -2.49. The van der Waals surface area contributed by atoms with Crippen molar-refractivity contribution in [2.75, 3.05) is 78.1 Å². The lowest BCUT2D eigenvalue weighted by molar-refractivity contribution is -0.144. The van der Waals surface area contributed by atoms with Crippen LogP contribution in [0.3, 0.4) is 0 Å². The molecule has 0 aliphatic carbocycles. The summed E-state index contributed by atoms with van der Waals surface area (Å²) in [6.45, 7) is 8.08. The van der Waals surface area contributed by atoms with Crippen molar-refractivity contribution in [1.82, 2.24) is 19.8 Å². The minimum Gasteiger partial charge on any atom is -0.488 e. The van der Waals surface area contributed by atoms with E-state index in [1.165, 1.54) is 6.33 Å². The van der Waals surface area contributed by atoms with Crippen LogP contribution in [0.25, 0.3) is 10.9 Å². The number of nitrogens with zero attached hydrogens (tertiary/aromatic N) is 4. The second-order valence-electron chi connectivity index (χ2n) is 8.79. The third-order valence-electron chi connectivity index (χ3n) is 6.12. The molecule has 1 fully saturated rings. The van der Waals surface area contributed by atoms with Gasteiger partial charge in [-0.1, -0.05) is 22.0 Å². The number of nitrogens with one attached hydrogen (secondary N) is 1. The molecule has 2 heterocycles. The van der Waals surface area contributed by atoms with E-state index in [2.05, 4.69) is 41.0 Å². The molecule has 11 heteroatoms. The van der Waals surface area contributed by atoms with E-state index < -0.39 is 0 Å². The molecule has 0 spiro atoms. The Labute approximate surface area is 231 Å². The van der Waals surface area contributed by atoms with Crippen molar-refractivity contribution in [3.63, 3.8) is 0 Å². The van der Waals surface area contributed by atoms with Crippen LogP contribution in [0.2, 0.25) is 0 Å². The zero-order valence-electron chi connectivity index (χ0n) is 21.8. The van der Waals surface area contributed by atoms with Gasteiger partial charge >= 0.3 is 5.97 Å². The second kappa shape index (κ2) is 14.2. The first-order valence-corrected chi connectivity index (χ1v) is 13.5. The standard InChI is InChI=1S/C27H34BrN5O5/c1-3-36-26(34)18-33-9-7-32(8-10-33)11-12-37-24-16-22-23(17-25(24)38-14-13-35-2)29-19-30-27(22)31-21-6-4-5-20(28)15-21/h4-6,15-17,19H,3,7-14,18H2,1-2H3,(H,29,30,31). The van der Waals surface area contributed by atoms with Crippen molar-refractivity contribution in [2.24, 2.45) is 0 Å². The first-order valence-electron chi connectivity index (χ1n) is 12.7. The van der Waals surface area contributed by atoms with Crippen LogP contribution in [0.1, 0.15) is 6.92 Å². The minimum absolute atomic E-state index is 0.167. The number of piperazine rings is 1. The van der Waals surface area contributed by atoms with E-state index in [4.69, 9.17) is 18.9 Å². The molecule has 204 valence electrons. The molecule has 1 saturated heterocycles. The average Bonchev–Trinajstić information content (AvgIpc) is 2.90. The van der Waals surface area contributed by atoms with Crippen LogP contribution in [0.15, 0.2) is 47.2 Å². The number of hydrogen-bond donors (Lipinski definition) is 1. The fourth-order valence-electron chi connectivity index (χ4n) is 4.17.